The summed E-state index contributed by atoms with van der Waals surface area (Å²) in [6.07, 6.45) is 0.0815. The molecule has 0 unspecified atom stereocenters. The van der Waals surface area contributed by atoms with E-state index >= 15 is 0 Å². The first-order valence-electron chi connectivity index (χ1n) is 11.5. The predicted molar refractivity (Wildman–Crippen MR) is 125 cm³/mol. The number of hydrogen-bond acceptors (Lipinski definition) is 7. The van der Waals surface area contributed by atoms with Gasteiger partial charge in [0, 0.05) is 31.5 Å². The first-order valence-corrected chi connectivity index (χ1v) is 14.4. The van der Waals surface area contributed by atoms with Gasteiger partial charge in [0.1, 0.15) is 5.78 Å². The number of rotatable bonds is 5. The van der Waals surface area contributed by atoms with Crippen LogP contribution in [0.4, 0.5) is 0 Å². The van der Waals surface area contributed by atoms with Gasteiger partial charge in [0.05, 0.1) is 21.8 Å². The minimum atomic E-state index is -4.18. The number of ketones is 1. The molecule has 186 valence electrons. The van der Waals surface area contributed by atoms with Crippen LogP contribution in [-0.4, -0.2) is 67.5 Å². The smallest absolute Gasteiger partial charge is 0.266 e. The first-order chi connectivity index (χ1) is 16.6. The molecule has 35 heavy (non-hydrogen) atoms. The number of piperidine rings is 1. The predicted octanol–water partition coefficient (Wildman–Crippen LogP) is 1.40. The van der Waals surface area contributed by atoms with Gasteiger partial charge in [-0.15, -0.1) is 0 Å². The summed E-state index contributed by atoms with van der Waals surface area (Å²) in [7, 11) is -8.36. The van der Waals surface area contributed by atoms with Gasteiger partial charge in [0.15, 0.2) is 0 Å². The maximum absolute atomic E-state index is 14.1. The van der Waals surface area contributed by atoms with E-state index in [1.807, 2.05) is 0 Å². The summed E-state index contributed by atoms with van der Waals surface area (Å²) >= 11 is 0. The summed E-state index contributed by atoms with van der Waals surface area (Å²) in [5, 5.41) is 10.2. The zero-order valence-electron chi connectivity index (χ0n) is 18.9. The quantitative estimate of drug-likeness (QED) is 0.633. The van der Waals surface area contributed by atoms with Gasteiger partial charge >= 0.3 is 0 Å². The van der Waals surface area contributed by atoms with Crippen molar-refractivity contribution in [3.8, 4) is 0 Å². The molecular weight excluding hydrogens is 492 g/mol. The minimum Gasteiger partial charge on any atom is -0.395 e. The molecule has 2 aliphatic heterocycles. The van der Waals surface area contributed by atoms with Crippen molar-refractivity contribution >= 4 is 31.7 Å². The summed E-state index contributed by atoms with van der Waals surface area (Å²) in [6.45, 7) is -0.637. The van der Waals surface area contributed by atoms with Crippen molar-refractivity contribution in [2.45, 2.75) is 47.6 Å². The average Bonchev–Trinajstić information content (AvgIpc) is 3.20. The highest BCUT2D eigenvalue weighted by atomic mass is 32.2. The van der Waals surface area contributed by atoms with Crippen LogP contribution in [0.15, 0.2) is 70.5 Å². The van der Waals surface area contributed by atoms with Crippen LogP contribution < -0.4 is 0 Å². The number of sulfonamides is 2. The molecule has 2 aromatic rings. The molecule has 3 aliphatic rings. The van der Waals surface area contributed by atoms with Gasteiger partial charge in [-0.05, 0) is 43.0 Å². The Hall–Kier alpha value is -2.60. The van der Waals surface area contributed by atoms with E-state index in [0.29, 0.717) is 0 Å². The number of Topliss-reactive ketones (excluding diaryl/α,β-unsaturated/α-hetero) is 1. The molecule has 11 heteroatoms. The summed E-state index contributed by atoms with van der Waals surface area (Å²) in [5.74, 6) is -1.37. The second-order valence-corrected chi connectivity index (χ2v) is 13.1. The molecule has 0 aromatic heterocycles. The van der Waals surface area contributed by atoms with Crippen LogP contribution in [0.2, 0.25) is 0 Å². The highest BCUT2D eigenvalue weighted by molar-refractivity contribution is 7.89. The van der Waals surface area contributed by atoms with Crippen molar-refractivity contribution in [1.82, 2.24) is 8.61 Å². The molecule has 2 heterocycles. The Bertz CT molecular complexity index is 1360. The molecule has 2 saturated heterocycles. The molecule has 3 fully saturated rings. The van der Waals surface area contributed by atoms with Crippen LogP contribution in [0.5, 0.6) is 0 Å². The summed E-state index contributed by atoms with van der Waals surface area (Å²) in [6, 6.07) is 13.2. The Morgan fingerprint density at radius 2 is 1.43 bits per heavy atom. The number of nitrogens with zero attached hydrogens (tertiary/aromatic N) is 2. The zero-order valence-corrected chi connectivity index (χ0v) is 20.5. The molecular formula is C24H26N2O7S2. The number of aliphatic hydroxyl groups is 1. The summed E-state index contributed by atoms with van der Waals surface area (Å²) in [4.78, 5) is 26.8. The van der Waals surface area contributed by atoms with Crippen molar-refractivity contribution in [1.29, 1.82) is 0 Å². The van der Waals surface area contributed by atoms with Crippen LogP contribution in [0.25, 0.3) is 0 Å². The lowest BCUT2D eigenvalue weighted by atomic mass is 9.59. The first kappa shape index (κ1) is 24.1. The zero-order chi connectivity index (χ0) is 25.0. The van der Waals surface area contributed by atoms with E-state index in [4.69, 9.17) is 0 Å². The molecule has 2 aromatic carbocycles. The minimum absolute atomic E-state index is 0.0119. The molecule has 5 rings (SSSR count). The highest BCUT2D eigenvalue weighted by Crippen LogP contribution is 2.57. The van der Waals surface area contributed by atoms with Crippen LogP contribution in [-0.2, 0) is 29.6 Å². The fraction of sp³-hybridized carbons (Fsp3) is 0.417. The maximum Gasteiger partial charge on any atom is 0.266 e. The second-order valence-electron chi connectivity index (χ2n) is 9.37. The topological polar surface area (TPSA) is 129 Å². The molecule has 9 nitrogen and oxygen atoms in total. The van der Waals surface area contributed by atoms with Crippen LogP contribution in [0.3, 0.4) is 0 Å². The molecule has 4 atom stereocenters. The van der Waals surface area contributed by atoms with Crippen molar-refractivity contribution in [3.63, 3.8) is 0 Å². The Morgan fingerprint density at radius 1 is 0.857 bits per heavy atom. The molecule has 1 amide bonds. The average molecular weight is 519 g/mol. The van der Waals surface area contributed by atoms with Crippen LogP contribution in [0.1, 0.15) is 25.7 Å². The largest absolute Gasteiger partial charge is 0.395 e. The fourth-order valence-corrected chi connectivity index (χ4v) is 9.47. The van der Waals surface area contributed by atoms with E-state index in [1.165, 1.54) is 24.3 Å². The lowest BCUT2D eigenvalue weighted by molar-refractivity contribution is -0.152. The van der Waals surface area contributed by atoms with Crippen LogP contribution >= 0.6 is 0 Å². The standard InChI is InChI=1S/C24H26N2O7S2/c27-16-18-15-24-17(11-12-25(23(24)29)34(30,31)20-7-3-1-4-8-20)13-19(28)14-22(24)26(18)35(32,33)21-9-5-2-6-10-21/h1-10,17-18,22,27H,11-16H2/t17-,18+,22-,24-/m0/s1. The Labute approximate surface area is 204 Å². The normalized spacial score (nSPS) is 29.6. The molecule has 1 N–H and O–H groups in total. The number of amides is 1. The number of carbonyl (C=O) groups is 2. The second kappa shape index (κ2) is 8.51. The van der Waals surface area contributed by atoms with Gasteiger partial charge in [-0.3, -0.25) is 9.59 Å². The molecule has 1 spiro atoms. The van der Waals surface area contributed by atoms with Crippen molar-refractivity contribution in [2.75, 3.05) is 13.2 Å². The lowest BCUT2D eigenvalue weighted by Crippen LogP contribution is -2.63. The molecule has 0 bridgehead atoms. The fourth-order valence-electron chi connectivity index (χ4n) is 6.11. The van der Waals surface area contributed by atoms with Crippen LogP contribution in [0, 0.1) is 11.3 Å². The third kappa shape index (κ3) is 3.55. The summed E-state index contributed by atoms with van der Waals surface area (Å²) < 4.78 is 56.2. The summed E-state index contributed by atoms with van der Waals surface area (Å²) in [5.41, 5.74) is -1.41. The number of benzene rings is 2. The van der Waals surface area contributed by atoms with Gasteiger partial charge < -0.3 is 5.11 Å². The van der Waals surface area contributed by atoms with Gasteiger partial charge in [0.25, 0.3) is 10.0 Å². The Balaban J connectivity index is 1.63. The highest BCUT2D eigenvalue weighted by Gasteiger charge is 2.68. The lowest BCUT2D eigenvalue weighted by Gasteiger charge is -2.50. The SMILES string of the molecule is O=C1C[C@@H]2CCN(S(=O)(=O)c3ccccc3)C(=O)[C@@]23C[C@H](CO)N(S(=O)(=O)c2ccccc2)[C@H]3C1. The van der Waals surface area contributed by atoms with Gasteiger partial charge in [-0.2, -0.15) is 4.31 Å². The molecule has 1 saturated carbocycles. The van der Waals surface area contributed by atoms with E-state index in [2.05, 4.69) is 0 Å². The van der Waals surface area contributed by atoms with Gasteiger partial charge in [-0.25, -0.2) is 21.1 Å². The Kier molecular flexibility index (Phi) is 5.86. The van der Waals surface area contributed by atoms with E-state index in [1.54, 1.807) is 36.4 Å². The number of carbonyl (C=O) groups excluding carboxylic acids is 2. The van der Waals surface area contributed by atoms with E-state index < -0.39 is 56.0 Å². The number of aliphatic hydroxyl groups excluding tert-OH is 1. The van der Waals surface area contributed by atoms with E-state index in [0.717, 1.165) is 8.61 Å². The maximum atomic E-state index is 14.1. The van der Waals surface area contributed by atoms with Crippen molar-refractivity contribution < 1.29 is 31.5 Å². The van der Waals surface area contributed by atoms with Gasteiger partial charge in [-0.1, -0.05) is 36.4 Å². The number of hydrogen-bond donors (Lipinski definition) is 1. The molecule has 0 radical (unpaired) electrons. The monoisotopic (exact) mass is 518 g/mol. The third-order valence-electron chi connectivity index (χ3n) is 7.62. The van der Waals surface area contributed by atoms with E-state index in [9.17, 15) is 31.5 Å². The Morgan fingerprint density at radius 3 is 2.00 bits per heavy atom. The van der Waals surface area contributed by atoms with Crippen molar-refractivity contribution in [3.05, 3.63) is 60.7 Å². The van der Waals surface area contributed by atoms with Gasteiger partial charge in [0.2, 0.25) is 15.9 Å². The van der Waals surface area contributed by atoms with E-state index in [-0.39, 0.29) is 47.8 Å². The van der Waals surface area contributed by atoms with Crippen molar-refractivity contribution in [2.24, 2.45) is 11.3 Å². The molecule has 1 aliphatic carbocycles. The third-order valence-corrected chi connectivity index (χ3v) is 11.4.